The maximum atomic E-state index is 12.0. The lowest BCUT2D eigenvalue weighted by Crippen LogP contribution is -2.07. The zero-order valence-electron chi connectivity index (χ0n) is 13.7. The lowest BCUT2D eigenvalue weighted by molar-refractivity contribution is 0.0697. The van der Waals surface area contributed by atoms with E-state index in [-0.39, 0.29) is 0 Å². The Kier molecular flexibility index (Phi) is 3.58. The van der Waals surface area contributed by atoms with Gasteiger partial charge in [-0.25, -0.2) is 9.78 Å². The Morgan fingerprint density at radius 3 is 2.44 bits per heavy atom. The predicted octanol–water partition coefficient (Wildman–Crippen LogP) is 4.70. The van der Waals surface area contributed by atoms with Gasteiger partial charge in [0.05, 0.1) is 22.3 Å². The molecule has 0 fully saturated rings. The second-order valence-electron chi connectivity index (χ2n) is 5.91. The molecule has 0 bridgehead atoms. The summed E-state index contributed by atoms with van der Waals surface area (Å²) in [6.45, 7) is 1.85. The largest absolute Gasteiger partial charge is 0.478 e. The summed E-state index contributed by atoms with van der Waals surface area (Å²) in [5.41, 5.74) is 5.31. The second-order valence-corrected chi connectivity index (χ2v) is 5.91. The van der Waals surface area contributed by atoms with E-state index >= 15 is 0 Å². The monoisotopic (exact) mass is 328 g/mol. The number of imidazole rings is 1. The van der Waals surface area contributed by atoms with Gasteiger partial charge < -0.3 is 5.11 Å². The topological polar surface area (TPSA) is 55.1 Å². The van der Waals surface area contributed by atoms with E-state index in [2.05, 4.69) is 4.98 Å². The van der Waals surface area contributed by atoms with E-state index in [1.165, 1.54) is 0 Å². The highest BCUT2D eigenvalue weighted by atomic mass is 16.4. The molecule has 0 amide bonds. The first-order valence-corrected chi connectivity index (χ1v) is 8.01. The minimum atomic E-state index is -0.928. The van der Waals surface area contributed by atoms with Gasteiger partial charge in [0.15, 0.2) is 0 Å². The standard InChI is InChI=1S/C21H16N2O2/c1-14-18(23-13-22-17-9-5-6-10-19(17)23)12-11-16(20(14)21(24)25)15-7-3-2-4-8-15/h2-13H,1H3,(H,24,25). The quantitative estimate of drug-likeness (QED) is 0.593. The van der Waals surface area contributed by atoms with Crippen LogP contribution in [0.1, 0.15) is 15.9 Å². The molecule has 1 N–H and O–H groups in total. The van der Waals surface area contributed by atoms with E-state index in [1.807, 2.05) is 78.2 Å². The van der Waals surface area contributed by atoms with Crippen LogP contribution in [-0.2, 0) is 0 Å². The van der Waals surface area contributed by atoms with Crippen molar-refractivity contribution in [2.45, 2.75) is 6.92 Å². The number of hydrogen-bond acceptors (Lipinski definition) is 2. The fraction of sp³-hybridized carbons (Fsp3) is 0.0476. The number of para-hydroxylation sites is 2. The number of aromatic nitrogens is 2. The van der Waals surface area contributed by atoms with Gasteiger partial charge in [0.25, 0.3) is 0 Å². The molecule has 0 spiro atoms. The average molecular weight is 328 g/mol. The smallest absolute Gasteiger partial charge is 0.336 e. The molecule has 0 saturated carbocycles. The van der Waals surface area contributed by atoms with Gasteiger partial charge in [0.2, 0.25) is 0 Å². The van der Waals surface area contributed by atoms with Crippen molar-refractivity contribution in [3.05, 3.63) is 84.2 Å². The highest BCUT2D eigenvalue weighted by molar-refractivity contribution is 5.99. The van der Waals surface area contributed by atoms with Crippen LogP contribution in [0.15, 0.2) is 73.1 Å². The van der Waals surface area contributed by atoms with E-state index in [4.69, 9.17) is 0 Å². The number of nitrogens with zero attached hydrogens (tertiary/aromatic N) is 2. The van der Waals surface area contributed by atoms with Crippen LogP contribution in [0.5, 0.6) is 0 Å². The van der Waals surface area contributed by atoms with Crippen LogP contribution in [0.2, 0.25) is 0 Å². The first-order valence-electron chi connectivity index (χ1n) is 8.01. The van der Waals surface area contributed by atoms with Crippen molar-refractivity contribution in [2.75, 3.05) is 0 Å². The van der Waals surface area contributed by atoms with Gasteiger partial charge in [-0.2, -0.15) is 0 Å². The van der Waals surface area contributed by atoms with Crippen LogP contribution in [0.4, 0.5) is 0 Å². The first-order chi connectivity index (χ1) is 12.2. The molecule has 4 rings (SSSR count). The highest BCUT2D eigenvalue weighted by Crippen LogP contribution is 2.31. The molecule has 3 aromatic carbocycles. The van der Waals surface area contributed by atoms with Gasteiger partial charge in [-0.15, -0.1) is 0 Å². The molecule has 122 valence electrons. The molecule has 0 atom stereocenters. The van der Waals surface area contributed by atoms with E-state index < -0.39 is 5.97 Å². The third kappa shape index (κ3) is 2.48. The molecule has 0 aliphatic carbocycles. The summed E-state index contributed by atoms with van der Waals surface area (Å²) in [6.07, 6.45) is 1.74. The number of hydrogen-bond donors (Lipinski definition) is 1. The van der Waals surface area contributed by atoms with Gasteiger partial charge >= 0.3 is 5.97 Å². The Balaban J connectivity index is 1.97. The van der Waals surface area contributed by atoms with Crippen molar-refractivity contribution in [2.24, 2.45) is 0 Å². The number of carbonyl (C=O) groups is 1. The summed E-state index contributed by atoms with van der Waals surface area (Å²) >= 11 is 0. The molecule has 1 heterocycles. The summed E-state index contributed by atoms with van der Waals surface area (Å²) < 4.78 is 1.94. The van der Waals surface area contributed by atoms with Crippen LogP contribution < -0.4 is 0 Å². The minimum Gasteiger partial charge on any atom is -0.478 e. The highest BCUT2D eigenvalue weighted by Gasteiger charge is 2.19. The lowest BCUT2D eigenvalue weighted by Gasteiger charge is -2.15. The minimum absolute atomic E-state index is 0.321. The molecule has 0 unspecified atom stereocenters. The van der Waals surface area contributed by atoms with Gasteiger partial charge in [-0.05, 0) is 41.8 Å². The van der Waals surface area contributed by atoms with Crippen LogP contribution in [-0.4, -0.2) is 20.6 Å². The number of aromatic carboxylic acids is 1. The molecule has 4 aromatic rings. The molecule has 0 aliphatic rings. The number of carboxylic acids is 1. The third-order valence-corrected chi connectivity index (χ3v) is 4.45. The number of fused-ring (bicyclic) bond motifs is 1. The van der Waals surface area contributed by atoms with Crippen LogP contribution in [0, 0.1) is 6.92 Å². The zero-order valence-corrected chi connectivity index (χ0v) is 13.7. The molecule has 0 aliphatic heterocycles. The Labute approximate surface area is 145 Å². The average Bonchev–Trinajstić information content (AvgIpc) is 3.06. The van der Waals surface area contributed by atoms with Crippen molar-refractivity contribution in [3.8, 4) is 16.8 Å². The zero-order chi connectivity index (χ0) is 17.4. The van der Waals surface area contributed by atoms with Crippen LogP contribution in [0.25, 0.3) is 27.8 Å². The molecule has 1 aromatic heterocycles. The summed E-state index contributed by atoms with van der Waals surface area (Å²) in [5, 5.41) is 9.82. The summed E-state index contributed by atoms with van der Waals surface area (Å²) in [5.74, 6) is -0.928. The Hall–Kier alpha value is -3.40. The van der Waals surface area contributed by atoms with Gasteiger partial charge in [-0.3, -0.25) is 4.57 Å². The Morgan fingerprint density at radius 1 is 0.960 bits per heavy atom. The number of carboxylic acid groups (broad SMARTS) is 1. The molecule has 0 saturated heterocycles. The predicted molar refractivity (Wildman–Crippen MR) is 98.2 cm³/mol. The Morgan fingerprint density at radius 2 is 1.68 bits per heavy atom. The van der Waals surface area contributed by atoms with Gasteiger partial charge in [0.1, 0.15) is 6.33 Å². The van der Waals surface area contributed by atoms with Crippen molar-refractivity contribution in [1.29, 1.82) is 0 Å². The van der Waals surface area contributed by atoms with E-state index in [0.717, 1.165) is 33.4 Å². The number of rotatable bonds is 3. The van der Waals surface area contributed by atoms with Gasteiger partial charge in [-0.1, -0.05) is 48.5 Å². The van der Waals surface area contributed by atoms with Crippen molar-refractivity contribution in [3.63, 3.8) is 0 Å². The number of benzene rings is 3. The molecule has 4 heteroatoms. The van der Waals surface area contributed by atoms with Crippen molar-refractivity contribution < 1.29 is 9.90 Å². The first kappa shape index (κ1) is 15.1. The third-order valence-electron chi connectivity index (χ3n) is 4.45. The molecule has 4 nitrogen and oxygen atoms in total. The lowest BCUT2D eigenvalue weighted by atomic mass is 9.94. The molecular weight excluding hydrogens is 312 g/mol. The normalized spacial score (nSPS) is 10.9. The Bertz CT molecular complexity index is 1080. The fourth-order valence-electron chi connectivity index (χ4n) is 3.25. The van der Waals surface area contributed by atoms with E-state index in [0.29, 0.717) is 5.56 Å². The summed E-state index contributed by atoms with van der Waals surface area (Å²) in [7, 11) is 0. The fourth-order valence-corrected chi connectivity index (χ4v) is 3.25. The molecular formula is C21H16N2O2. The summed E-state index contributed by atoms with van der Waals surface area (Å²) in [4.78, 5) is 16.4. The molecule has 25 heavy (non-hydrogen) atoms. The van der Waals surface area contributed by atoms with E-state index in [9.17, 15) is 9.90 Å². The summed E-state index contributed by atoms with van der Waals surface area (Å²) in [6, 6.07) is 21.2. The van der Waals surface area contributed by atoms with Crippen LogP contribution >= 0.6 is 0 Å². The molecule has 0 radical (unpaired) electrons. The maximum absolute atomic E-state index is 12.0. The van der Waals surface area contributed by atoms with Crippen molar-refractivity contribution >= 4 is 17.0 Å². The SMILES string of the molecule is Cc1c(-n2cnc3ccccc32)ccc(-c2ccccc2)c1C(=O)O. The van der Waals surface area contributed by atoms with Crippen LogP contribution in [0.3, 0.4) is 0 Å². The van der Waals surface area contributed by atoms with E-state index in [1.54, 1.807) is 6.33 Å². The maximum Gasteiger partial charge on any atom is 0.336 e. The van der Waals surface area contributed by atoms with Crippen molar-refractivity contribution in [1.82, 2.24) is 9.55 Å². The van der Waals surface area contributed by atoms with Gasteiger partial charge in [0, 0.05) is 0 Å². The second kappa shape index (κ2) is 5.91.